The van der Waals surface area contributed by atoms with Crippen molar-refractivity contribution in [2.45, 2.75) is 18.9 Å². The molecule has 0 unspecified atom stereocenters. The van der Waals surface area contributed by atoms with Gasteiger partial charge in [-0.2, -0.15) is 0 Å². The maximum atomic E-state index is 12.1. The van der Waals surface area contributed by atoms with Crippen LogP contribution in [0.5, 0.6) is 0 Å². The second-order valence-electron chi connectivity index (χ2n) is 4.74. The summed E-state index contributed by atoms with van der Waals surface area (Å²) in [6, 6.07) is 8.55. The SMILES string of the molecule is Cn1cncc1C(=O)NC1Cc2ccccc2C1. The fourth-order valence-electron chi connectivity index (χ4n) is 2.50. The van der Waals surface area contributed by atoms with Crippen LogP contribution in [0.25, 0.3) is 0 Å². The maximum Gasteiger partial charge on any atom is 0.269 e. The number of carbonyl (C=O) groups excluding carboxylic acids is 1. The lowest BCUT2D eigenvalue weighted by molar-refractivity contribution is 0.0930. The molecule has 0 fully saturated rings. The molecule has 2 aromatic rings. The molecule has 1 heterocycles. The van der Waals surface area contributed by atoms with Gasteiger partial charge < -0.3 is 9.88 Å². The third-order valence-electron chi connectivity index (χ3n) is 3.44. The summed E-state index contributed by atoms with van der Waals surface area (Å²) in [5.74, 6) is -0.0483. The first-order valence-electron chi connectivity index (χ1n) is 6.08. The lowest BCUT2D eigenvalue weighted by Crippen LogP contribution is -2.36. The molecule has 0 aliphatic heterocycles. The fourth-order valence-corrected chi connectivity index (χ4v) is 2.50. The molecular weight excluding hydrogens is 226 g/mol. The highest BCUT2D eigenvalue weighted by atomic mass is 16.2. The number of hydrogen-bond donors (Lipinski definition) is 1. The smallest absolute Gasteiger partial charge is 0.269 e. The van der Waals surface area contributed by atoms with Crippen molar-refractivity contribution in [3.63, 3.8) is 0 Å². The van der Waals surface area contributed by atoms with E-state index in [-0.39, 0.29) is 11.9 Å². The molecule has 0 atom stereocenters. The number of aromatic nitrogens is 2. The van der Waals surface area contributed by atoms with Gasteiger partial charge in [-0.1, -0.05) is 24.3 Å². The molecule has 0 radical (unpaired) electrons. The van der Waals surface area contributed by atoms with E-state index in [0.29, 0.717) is 5.69 Å². The van der Waals surface area contributed by atoms with Crippen molar-refractivity contribution >= 4 is 5.91 Å². The molecule has 0 bridgehead atoms. The second-order valence-corrected chi connectivity index (χ2v) is 4.74. The number of hydrogen-bond acceptors (Lipinski definition) is 2. The number of nitrogens with one attached hydrogen (secondary N) is 1. The summed E-state index contributed by atoms with van der Waals surface area (Å²) in [5, 5.41) is 3.07. The summed E-state index contributed by atoms with van der Waals surface area (Å²) in [6.07, 6.45) is 5.06. The Morgan fingerprint density at radius 1 is 1.33 bits per heavy atom. The van der Waals surface area contributed by atoms with E-state index in [2.05, 4.69) is 22.4 Å². The van der Waals surface area contributed by atoms with Gasteiger partial charge in [0.15, 0.2) is 0 Å². The van der Waals surface area contributed by atoms with E-state index in [1.807, 2.05) is 19.2 Å². The Hall–Kier alpha value is -2.10. The van der Waals surface area contributed by atoms with Crippen LogP contribution in [0.2, 0.25) is 0 Å². The average Bonchev–Trinajstić information content (AvgIpc) is 2.94. The summed E-state index contributed by atoms with van der Waals surface area (Å²) in [4.78, 5) is 16.0. The Morgan fingerprint density at radius 3 is 2.56 bits per heavy atom. The topological polar surface area (TPSA) is 46.9 Å². The minimum Gasteiger partial charge on any atom is -0.347 e. The first-order valence-corrected chi connectivity index (χ1v) is 6.08. The lowest BCUT2D eigenvalue weighted by Gasteiger charge is -2.11. The van der Waals surface area contributed by atoms with Gasteiger partial charge in [0.2, 0.25) is 0 Å². The molecule has 0 saturated carbocycles. The van der Waals surface area contributed by atoms with Crippen molar-refractivity contribution in [3.8, 4) is 0 Å². The number of rotatable bonds is 2. The van der Waals surface area contributed by atoms with Crippen molar-refractivity contribution in [2.75, 3.05) is 0 Å². The zero-order chi connectivity index (χ0) is 12.5. The minimum absolute atomic E-state index is 0.0483. The molecule has 3 rings (SSSR count). The lowest BCUT2D eigenvalue weighted by atomic mass is 10.1. The Balaban J connectivity index is 1.70. The molecule has 1 amide bonds. The molecule has 1 aromatic heterocycles. The number of amides is 1. The van der Waals surface area contributed by atoms with E-state index in [1.165, 1.54) is 11.1 Å². The molecule has 18 heavy (non-hydrogen) atoms. The van der Waals surface area contributed by atoms with Crippen molar-refractivity contribution in [2.24, 2.45) is 7.05 Å². The first kappa shape index (κ1) is 11.0. The second kappa shape index (κ2) is 4.29. The van der Waals surface area contributed by atoms with E-state index in [0.717, 1.165) is 12.8 Å². The van der Waals surface area contributed by atoms with Gasteiger partial charge >= 0.3 is 0 Å². The monoisotopic (exact) mass is 241 g/mol. The summed E-state index contributed by atoms with van der Waals surface area (Å²) in [6.45, 7) is 0. The van der Waals surface area contributed by atoms with Crippen LogP contribution in [-0.2, 0) is 19.9 Å². The van der Waals surface area contributed by atoms with Gasteiger partial charge in [0.25, 0.3) is 5.91 Å². The zero-order valence-electron chi connectivity index (χ0n) is 10.3. The highest BCUT2D eigenvalue weighted by Crippen LogP contribution is 2.21. The number of carbonyl (C=O) groups is 1. The number of imidazole rings is 1. The molecule has 1 aliphatic rings. The minimum atomic E-state index is -0.0483. The van der Waals surface area contributed by atoms with Crippen LogP contribution < -0.4 is 5.32 Å². The maximum absolute atomic E-state index is 12.1. The summed E-state index contributed by atoms with van der Waals surface area (Å²) in [7, 11) is 1.82. The predicted octanol–water partition coefficient (Wildman–Crippen LogP) is 1.32. The largest absolute Gasteiger partial charge is 0.347 e. The van der Waals surface area contributed by atoms with Gasteiger partial charge in [0, 0.05) is 13.1 Å². The fraction of sp³-hybridized carbons (Fsp3) is 0.286. The van der Waals surface area contributed by atoms with Crippen molar-refractivity contribution in [3.05, 3.63) is 53.6 Å². The third kappa shape index (κ3) is 1.90. The van der Waals surface area contributed by atoms with Crippen LogP contribution in [0.1, 0.15) is 21.6 Å². The van der Waals surface area contributed by atoms with Gasteiger partial charge in [-0.25, -0.2) is 4.98 Å². The highest BCUT2D eigenvalue weighted by molar-refractivity contribution is 5.92. The molecule has 1 N–H and O–H groups in total. The van der Waals surface area contributed by atoms with Crippen molar-refractivity contribution in [1.29, 1.82) is 0 Å². The molecule has 1 aromatic carbocycles. The highest BCUT2D eigenvalue weighted by Gasteiger charge is 2.23. The Morgan fingerprint density at radius 2 is 2.00 bits per heavy atom. The summed E-state index contributed by atoms with van der Waals surface area (Å²) in [5.41, 5.74) is 3.28. The molecule has 0 saturated heterocycles. The van der Waals surface area contributed by atoms with Crippen LogP contribution >= 0.6 is 0 Å². The molecule has 92 valence electrons. The molecule has 1 aliphatic carbocycles. The average molecular weight is 241 g/mol. The standard InChI is InChI=1S/C14H15N3O/c1-17-9-15-8-13(17)14(18)16-12-6-10-4-2-3-5-11(10)7-12/h2-5,8-9,12H,6-7H2,1H3,(H,16,18). The Bertz CT molecular complexity index is 563. The van der Waals surface area contributed by atoms with Gasteiger partial charge in [-0.05, 0) is 24.0 Å². The summed E-state index contributed by atoms with van der Waals surface area (Å²) >= 11 is 0. The van der Waals surface area contributed by atoms with Gasteiger partial charge in [-0.15, -0.1) is 0 Å². The van der Waals surface area contributed by atoms with E-state index < -0.39 is 0 Å². The predicted molar refractivity (Wildman–Crippen MR) is 68.3 cm³/mol. The number of aryl methyl sites for hydroxylation is 1. The Labute approximate surface area is 106 Å². The van der Waals surface area contributed by atoms with Gasteiger partial charge in [0.1, 0.15) is 5.69 Å². The van der Waals surface area contributed by atoms with E-state index in [1.54, 1.807) is 17.1 Å². The van der Waals surface area contributed by atoms with Crippen LogP contribution in [0.4, 0.5) is 0 Å². The molecular formula is C14H15N3O. The van der Waals surface area contributed by atoms with Crippen LogP contribution in [0, 0.1) is 0 Å². The molecule has 4 heteroatoms. The number of fused-ring (bicyclic) bond motifs is 1. The van der Waals surface area contributed by atoms with E-state index in [9.17, 15) is 4.79 Å². The normalized spacial score (nSPS) is 14.5. The number of benzene rings is 1. The van der Waals surface area contributed by atoms with Crippen LogP contribution in [0.15, 0.2) is 36.8 Å². The van der Waals surface area contributed by atoms with Crippen LogP contribution in [0.3, 0.4) is 0 Å². The summed E-state index contributed by atoms with van der Waals surface area (Å²) < 4.78 is 1.73. The zero-order valence-corrected chi connectivity index (χ0v) is 10.3. The molecule has 4 nitrogen and oxygen atoms in total. The van der Waals surface area contributed by atoms with Gasteiger partial charge in [0.05, 0.1) is 12.5 Å². The number of nitrogens with zero attached hydrogens (tertiary/aromatic N) is 2. The van der Waals surface area contributed by atoms with E-state index in [4.69, 9.17) is 0 Å². The van der Waals surface area contributed by atoms with Crippen LogP contribution in [-0.4, -0.2) is 21.5 Å². The van der Waals surface area contributed by atoms with Crippen molar-refractivity contribution in [1.82, 2.24) is 14.9 Å². The third-order valence-corrected chi connectivity index (χ3v) is 3.44. The quantitative estimate of drug-likeness (QED) is 0.862. The first-order chi connectivity index (χ1) is 8.74. The Kier molecular flexibility index (Phi) is 2.63. The van der Waals surface area contributed by atoms with Crippen molar-refractivity contribution < 1.29 is 4.79 Å². The van der Waals surface area contributed by atoms with Gasteiger partial charge in [-0.3, -0.25) is 4.79 Å². The molecule has 0 spiro atoms. The van der Waals surface area contributed by atoms with E-state index >= 15 is 0 Å².